The lowest BCUT2D eigenvalue weighted by Crippen LogP contribution is -1.98. The molecule has 9 heteroatoms. The Morgan fingerprint density at radius 3 is 2.81 bits per heavy atom. The van der Waals surface area contributed by atoms with Crippen LogP contribution in [-0.4, -0.2) is 25.6 Å². The fourth-order valence-electron chi connectivity index (χ4n) is 2.22. The van der Waals surface area contributed by atoms with Gasteiger partial charge in [0.15, 0.2) is 11.7 Å². The lowest BCUT2D eigenvalue weighted by molar-refractivity contribution is 0.296. The molecule has 2 aromatic heterocycles. The Hall–Kier alpha value is -2.97. The number of hydrogen-bond donors (Lipinski definition) is 2. The smallest absolute Gasteiger partial charge is 0.211 e. The van der Waals surface area contributed by atoms with Gasteiger partial charge in [-0.2, -0.15) is 5.21 Å². The first-order valence-electron chi connectivity index (χ1n) is 8.13. The zero-order chi connectivity index (χ0) is 18.6. The predicted molar refractivity (Wildman–Crippen MR) is 101 cm³/mol. The quantitative estimate of drug-likeness (QED) is 0.514. The highest BCUT2D eigenvalue weighted by Gasteiger charge is 2.08. The number of anilines is 2. The van der Waals surface area contributed by atoms with Crippen molar-refractivity contribution in [2.45, 2.75) is 6.61 Å². The molecular formula is C17H13ClN6OS. The van der Waals surface area contributed by atoms with E-state index in [-0.39, 0.29) is 6.61 Å². The molecule has 0 amide bonds. The Morgan fingerprint density at radius 1 is 1.19 bits per heavy atom. The third-order valence-corrected chi connectivity index (χ3v) is 4.46. The maximum atomic E-state index is 8.17. The van der Waals surface area contributed by atoms with E-state index in [1.807, 2.05) is 42.5 Å². The van der Waals surface area contributed by atoms with Crippen LogP contribution in [-0.2, 0) is 6.61 Å². The molecule has 0 unspecified atom stereocenters. The number of nitrogens with one attached hydrogen (secondary N) is 2. The maximum absolute atomic E-state index is 8.17. The van der Waals surface area contributed by atoms with Gasteiger partial charge in [-0.25, -0.2) is 4.98 Å². The van der Waals surface area contributed by atoms with Gasteiger partial charge in [-0.3, -0.25) is 0 Å². The van der Waals surface area contributed by atoms with Gasteiger partial charge >= 0.3 is 0 Å². The predicted octanol–water partition coefficient (Wildman–Crippen LogP) is 4.30. The van der Waals surface area contributed by atoms with Crippen molar-refractivity contribution in [3.05, 3.63) is 64.7 Å². The van der Waals surface area contributed by atoms with Crippen LogP contribution < -0.4 is 10.1 Å². The summed E-state index contributed by atoms with van der Waals surface area (Å²) in [5.74, 6) is 1.16. The molecule has 0 saturated heterocycles. The minimum atomic E-state index is 0.235. The number of tetrazole rings is 1. The number of thiazole rings is 1. The van der Waals surface area contributed by atoms with E-state index in [0.717, 1.165) is 11.3 Å². The number of aromatic amines is 1. The number of hydrogen-bond acceptors (Lipinski definition) is 7. The van der Waals surface area contributed by atoms with Crippen molar-refractivity contribution in [3.8, 4) is 17.0 Å². The number of ether oxygens (including phenoxy) is 1. The molecule has 0 aliphatic carbocycles. The van der Waals surface area contributed by atoms with Gasteiger partial charge in [-0.1, -0.05) is 35.0 Å². The van der Waals surface area contributed by atoms with Crippen molar-refractivity contribution in [2.24, 2.45) is 0 Å². The van der Waals surface area contributed by atoms with Gasteiger partial charge in [0.05, 0.1) is 7.06 Å². The Bertz CT molecular complexity index is 1040. The van der Waals surface area contributed by atoms with Gasteiger partial charge in [-0.05, 0) is 30.3 Å². The number of H-pyrrole nitrogens is 1. The topological polar surface area (TPSA) is 88.6 Å². The SMILES string of the molecule is [2H]c1sc(Nc2ccc(OCc3nn[nH]n3)cc2)nc1-c1ccccc1Cl. The highest BCUT2D eigenvalue weighted by molar-refractivity contribution is 7.14. The van der Waals surface area contributed by atoms with Crippen LogP contribution in [0.5, 0.6) is 5.75 Å². The molecule has 0 bridgehead atoms. The Kier molecular flexibility index (Phi) is 4.42. The van der Waals surface area contributed by atoms with Crippen molar-refractivity contribution in [1.29, 1.82) is 0 Å². The summed E-state index contributed by atoms with van der Waals surface area (Å²) in [5.41, 5.74) is 2.15. The molecule has 4 aromatic rings. The molecule has 0 aliphatic heterocycles. The molecule has 130 valence electrons. The van der Waals surface area contributed by atoms with Crippen LogP contribution in [0.25, 0.3) is 11.3 Å². The van der Waals surface area contributed by atoms with E-state index >= 15 is 0 Å². The van der Waals surface area contributed by atoms with E-state index in [1.54, 1.807) is 6.07 Å². The molecule has 2 heterocycles. The molecular weight excluding hydrogens is 372 g/mol. The van der Waals surface area contributed by atoms with Crippen molar-refractivity contribution in [2.75, 3.05) is 5.32 Å². The average Bonchev–Trinajstić information content (AvgIpc) is 3.31. The van der Waals surface area contributed by atoms with Gasteiger partial charge < -0.3 is 10.1 Å². The molecule has 0 fully saturated rings. The minimum Gasteiger partial charge on any atom is -0.485 e. The Labute approximate surface area is 159 Å². The third-order valence-electron chi connectivity index (χ3n) is 3.45. The molecule has 0 radical (unpaired) electrons. The van der Waals surface area contributed by atoms with Crippen LogP contribution >= 0.6 is 22.9 Å². The van der Waals surface area contributed by atoms with E-state index in [2.05, 4.69) is 30.9 Å². The van der Waals surface area contributed by atoms with E-state index in [4.69, 9.17) is 17.7 Å². The second kappa shape index (κ2) is 7.51. The van der Waals surface area contributed by atoms with E-state index in [9.17, 15) is 0 Å². The molecule has 2 aromatic carbocycles. The molecule has 0 saturated carbocycles. The van der Waals surface area contributed by atoms with Gasteiger partial charge in [-0.15, -0.1) is 21.5 Å². The van der Waals surface area contributed by atoms with Crippen molar-refractivity contribution < 1.29 is 6.11 Å². The van der Waals surface area contributed by atoms with Crippen LogP contribution in [0, 0.1) is 0 Å². The number of aromatic nitrogens is 5. The number of benzene rings is 2. The average molecular weight is 386 g/mol. The number of nitrogens with zero attached hydrogens (tertiary/aromatic N) is 4. The van der Waals surface area contributed by atoms with E-state index < -0.39 is 0 Å². The highest BCUT2D eigenvalue weighted by atomic mass is 35.5. The van der Waals surface area contributed by atoms with Crippen LogP contribution in [0.15, 0.2) is 53.9 Å². The van der Waals surface area contributed by atoms with Crippen molar-refractivity contribution in [1.82, 2.24) is 25.6 Å². The molecule has 0 aliphatic rings. The standard InChI is InChI=1S/C17H13ClN6OS/c18-14-4-2-1-3-13(14)15-10-26-17(20-15)19-11-5-7-12(8-6-11)25-9-16-21-23-24-22-16/h1-8,10H,9H2,(H,19,20)(H,21,22,23,24)/i10D. The Balaban J connectivity index is 1.45. The normalized spacial score (nSPS) is 11.2. The monoisotopic (exact) mass is 385 g/mol. The largest absolute Gasteiger partial charge is 0.485 e. The number of rotatable bonds is 6. The first kappa shape index (κ1) is 15.3. The summed E-state index contributed by atoms with van der Waals surface area (Å²) in [5, 5.41) is 18.3. The lowest BCUT2D eigenvalue weighted by Gasteiger charge is -2.06. The first-order chi connectivity index (χ1) is 13.2. The lowest BCUT2D eigenvalue weighted by atomic mass is 10.2. The maximum Gasteiger partial charge on any atom is 0.211 e. The third kappa shape index (κ3) is 3.81. The molecule has 0 atom stereocenters. The highest BCUT2D eigenvalue weighted by Crippen LogP contribution is 2.31. The molecule has 4 rings (SSSR count). The molecule has 7 nitrogen and oxygen atoms in total. The molecule has 26 heavy (non-hydrogen) atoms. The fourth-order valence-corrected chi connectivity index (χ4v) is 3.10. The molecule has 2 N–H and O–H groups in total. The van der Waals surface area contributed by atoms with Gasteiger partial charge in [0, 0.05) is 21.6 Å². The van der Waals surface area contributed by atoms with Crippen molar-refractivity contribution in [3.63, 3.8) is 0 Å². The first-order valence-corrected chi connectivity index (χ1v) is 8.83. The zero-order valence-corrected chi connectivity index (χ0v) is 14.9. The fraction of sp³-hybridized carbons (Fsp3) is 0.0588. The summed E-state index contributed by atoms with van der Waals surface area (Å²) in [7, 11) is 0. The van der Waals surface area contributed by atoms with Crippen LogP contribution in [0.3, 0.4) is 0 Å². The molecule has 0 spiro atoms. The van der Waals surface area contributed by atoms with Gasteiger partial charge in [0.25, 0.3) is 0 Å². The summed E-state index contributed by atoms with van der Waals surface area (Å²) >= 11 is 7.47. The summed E-state index contributed by atoms with van der Waals surface area (Å²) < 4.78 is 13.7. The summed E-state index contributed by atoms with van der Waals surface area (Å²) in [6.45, 7) is 0.235. The van der Waals surface area contributed by atoms with Crippen LogP contribution in [0.2, 0.25) is 5.02 Å². The van der Waals surface area contributed by atoms with Gasteiger partial charge in [0.1, 0.15) is 5.75 Å². The second-order valence-corrected chi connectivity index (χ2v) is 6.42. The van der Waals surface area contributed by atoms with Gasteiger partial charge in [0.2, 0.25) is 5.82 Å². The van der Waals surface area contributed by atoms with Crippen LogP contribution in [0.1, 0.15) is 7.20 Å². The number of halogens is 1. The zero-order valence-electron chi connectivity index (χ0n) is 14.3. The van der Waals surface area contributed by atoms with E-state index in [1.165, 1.54) is 11.3 Å². The van der Waals surface area contributed by atoms with Crippen molar-refractivity contribution >= 4 is 33.8 Å². The minimum absolute atomic E-state index is 0.235. The summed E-state index contributed by atoms with van der Waals surface area (Å²) in [6.07, 6.45) is 0. The second-order valence-electron chi connectivity index (χ2n) is 5.22. The summed E-state index contributed by atoms with van der Waals surface area (Å²) in [4.78, 5) is 4.51. The summed E-state index contributed by atoms with van der Waals surface area (Å²) in [6, 6.07) is 14.8. The van der Waals surface area contributed by atoms with Crippen LogP contribution in [0.4, 0.5) is 10.8 Å². The Morgan fingerprint density at radius 2 is 2.04 bits per heavy atom. The van der Waals surface area contributed by atoms with E-state index in [0.29, 0.717) is 32.8 Å².